The molecule has 0 aromatic carbocycles. The third-order valence-corrected chi connectivity index (χ3v) is 4.02. The Morgan fingerprint density at radius 2 is 1.79 bits per heavy atom. The SMILES string of the molecule is O=C(O)C(O)C1(C2CCCCC2)CC1. The fourth-order valence-electron chi connectivity index (χ4n) is 2.97. The van der Waals surface area contributed by atoms with E-state index in [4.69, 9.17) is 5.11 Å². The summed E-state index contributed by atoms with van der Waals surface area (Å²) in [7, 11) is 0. The summed E-state index contributed by atoms with van der Waals surface area (Å²) < 4.78 is 0. The van der Waals surface area contributed by atoms with Crippen LogP contribution < -0.4 is 0 Å². The normalized spacial score (nSPS) is 28.4. The van der Waals surface area contributed by atoms with Crippen molar-refractivity contribution in [1.29, 1.82) is 0 Å². The number of carboxylic acid groups (broad SMARTS) is 1. The molecule has 0 heterocycles. The molecule has 0 aliphatic heterocycles. The highest BCUT2D eigenvalue weighted by Gasteiger charge is 2.56. The lowest BCUT2D eigenvalue weighted by Gasteiger charge is -2.32. The Morgan fingerprint density at radius 3 is 2.21 bits per heavy atom. The molecule has 2 saturated carbocycles. The van der Waals surface area contributed by atoms with Gasteiger partial charge in [0.15, 0.2) is 6.10 Å². The lowest BCUT2D eigenvalue weighted by atomic mass is 9.75. The number of carboxylic acids is 1. The lowest BCUT2D eigenvalue weighted by Crippen LogP contribution is -2.37. The van der Waals surface area contributed by atoms with Crippen molar-refractivity contribution < 1.29 is 15.0 Å². The van der Waals surface area contributed by atoms with Crippen LogP contribution in [0.3, 0.4) is 0 Å². The van der Waals surface area contributed by atoms with Crippen LogP contribution in [0.4, 0.5) is 0 Å². The highest BCUT2D eigenvalue weighted by atomic mass is 16.4. The number of carbonyl (C=O) groups is 1. The maximum absolute atomic E-state index is 10.8. The summed E-state index contributed by atoms with van der Waals surface area (Å²) in [6, 6.07) is 0. The minimum absolute atomic E-state index is 0.244. The van der Waals surface area contributed by atoms with Crippen molar-refractivity contribution in [3.05, 3.63) is 0 Å². The largest absolute Gasteiger partial charge is 0.479 e. The molecule has 2 rings (SSSR count). The smallest absolute Gasteiger partial charge is 0.333 e. The Kier molecular flexibility index (Phi) is 2.52. The van der Waals surface area contributed by atoms with Gasteiger partial charge in [0.05, 0.1) is 0 Å². The van der Waals surface area contributed by atoms with E-state index in [0.717, 1.165) is 25.7 Å². The second kappa shape index (κ2) is 3.54. The van der Waals surface area contributed by atoms with Crippen molar-refractivity contribution in [3.8, 4) is 0 Å². The van der Waals surface area contributed by atoms with E-state index in [9.17, 15) is 9.90 Å². The van der Waals surface area contributed by atoms with E-state index in [-0.39, 0.29) is 5.41 Å². The molecular weight excluding hydrogens is 180 g/mol. The Morgan fingerprint density at radius 1 is 1.21 bits per heavy atom. The zero-order valence-electron chi connectivity index (χ0n) is 8.41. The molecule has 0 bridgehead atoms. The van der Waals surface area contributed by atoms with E-state index in [0.29, 0.717) is 5.92 Å². The molecule has 80 valence electrons. The summed E-state index contributed by atoms with van der Waals surface area (Å²) >= 11 is 0. The number of hydrogen-bond donors (Lipinski definition) is 2. The van der Waals surface area contributed by atoms with Crippen LogP contribution in [0.5, 0.6) is 0 Å². The van der Waals surface area contributed by atoms with Crippen LogP contribution in [-0.4, -0.2) is 22.3 Å². The minimum Gasteiger partial charge on any atom is -0.479 e. The summed E-state index contributed by atoms with van der Waals surface area (Å²) in [4.78, 5) is 10.8. The first kappa shape index (κ1) is 9.97. The van der Waals surface area contributed by atoms with Gasteiger partial charge in [-0.15, -0.1) is 0 Å². The molecule has 1 unspecified atom stereocenters. The van der Waals surface area contributed by atoms with Crippen LogP contribution >= 0.6 is 0 Å². The third-order valence-electron chi connectivity index (χ3n) is 4.02. The molecular formula is C11H18O3. The number of aliphatic carboxylic acids is 1. The van der Waals surface area contributed by atoms with Crippen molar-refractivity contribution in [2.75, 3.05) is 0 Å². The number of hydrogen-bond acceptors (Lipinski definition) is 2. The van der Waals surface area contributed by atoms with Crippen LogP contribution in [0.15, 0.2) is 0 Å². The number of rotatable bonds is 3. The molecule has 3 nitrogen and oxygen atoms in total. The molecule has 0 aromatic heterocycles. The van der Waals surface area contributed by atoms with Crippen molar-refractivity contribution in [2.24, 2.45) is 11.3 Å². The molecule has 3 heteroatoms. The fraction of sp³-hybridized carbons (Fsp3) is 0.909. The van der Waals surface area contributed by atoms with Crippen LogP contribution in [0, 0.1) is 11.3 Å². The number of aliphatic hydroxyl groups is 1. The first-order valence-corrected chi connectivity index (χ1v) is 5.58. The maximum atomic E-state index is 10.8. The van der Waals surface area contributed by atoms with Gasteiger partial charge in [-0.2, -0.15) is 0 Å². The molecule has 14 heavy (non-hydrogen) atoms. The topological polar surface area (TPSA) is 57.5 Å². The van der Waals surface area contributed by atoms with E-state index >= 15 is 0 Å². The molecule has 0 spiro atoms. The summed E-state index contributed by atoms with van der Waals surface area (Å²) in [5.74, 6) is -0.574. The van der Waals surface area contributed by atoms with Crippen LogP contribution in [0.2, 0.25) is 0 Å². The van der Waals surface area contributed by atoms with Gasteiger partial charge in [0.1, 0.15) is 0 Å². The summed E-state index contributed by atoms with van der Waals surface area (Å²) in [5.41, 5.74) is -0.244. The van der Waals surface area contributed by atoms with Crippen molar-refractivity contribution >= 4 is 5.97 Å². The molecule has 0 saturated heterocycles. The maximum Gasteiger partial charge on any atom is 0.333 e. The van der Waals surface area contributed by atoms with Gasteiger partial charge in [0, 0.05) is 5.41 Å². The Hall–Kier alpha value is -0.570. The third kappa shape index (κ3) is 1.54. The van der Waals surface area contributed by atoms with Gasteiger partial charge >= 0.3 is 5.97 Å². The standard InChI is InChI=1S/C11H18O3/c12-9(10(13)14)11(6-7-11)8-4-2-1-3-5-8/h8-9,12H,1-7H2,(H,13,14). The average molecular weight is 198 g/mol. The molecule has 0 aromatic rings. The molecule has 2 aliphatic carbocycles. The first-order chi connectivity index (χ1) is 6.67. The molecule has 2 N–H and O–H groups in total. The van der Waals surface area contributed by atoms with Crippen molar-refractivity contribution in [1.82, 2.24) is 0 Å². The Bertz CT molecular complexity index is 227. The van der Waals surface area contributed by atoms with Gasteiger partial charge in [-0.1, -0.05) is 19.3 Å². The van der Waals surface area contributed by atoms with Gasteiger partial charge in [0.2, 0.25) is 0 Å². The summed E-state index contributed by atoms with van der Waals surface area (Å²) in [5, 5.41) is 18.5. The van der Waals surface area contributed by atoms with Gasteiger partial charge < -0.3 is 10.2 Å². The quantitative estimate of drug-likeness (QED) is 0.727. The van der Waals surface area contributed by atoms with Gasteiger partial charge in [-0.3, -0.25) is 0 Å². The Labute approximate surface area is 84.1 Å². The van der Waals surface area contributed by atoms with Crippen molar-refractivity contribution in [2.45, 2.75) is 51.0 Å². The zero-order valence-corrected chi connectivity index (χ0v) is 8.41. The van der Waals surface area contributed by atoms with E-state index in [1.54, 1.807) is 0 Å². The highest BCUT2D eigenvalue weighted by molar-refractivity contribution is 5.73. The molecule has 0 radical (unpaired) electrons. The second-order valence-electron chi connectivity index (χ2n) is 4.81. The van der Waals surface area contributed by atoms with Crippen LogP contribution in [0.25, 0.3) is 0 Å². The van der Waals surface area contributed by atoms with Crippen LogP contribution in [-0.2, 0) is 4.79 Å². The highest BCUT2D eigenvalue weighted by Crippen LogP contribution is 2.58. The van der Waals surface area contributed by atoms with E-state index in [1.807, 2.05) is 0 Å². The molecule has 2 aliphatic rings. The van der Waals surface area contributed by atoms with Gasteiger partial charge in [-0.25, -0.2) is 4.79 Å². The molecule has 2 fully saturated rings. The number of aliphatic hydroxyl groups excluding tert-OH is 1. The monoisotopic (exact) mass is 198 g/mol. The first-order valence-electron chi connectivity index (χ1n) is 5.58. The van der Waals surface area contributed by atoms with E-state index < -0.39 is 12.1 Å². The lowest BCUT2D eigenvalue weighted by molar-refractivity contribution is -0.152. The molecule has 0 amide bonds. The predicted octanol–water partition coefficient (Wildman–Crippen LogP) is 1.79. The summed E-state index contributed by atoms with van der Waals surface area (Å²) in [6.45, 7) is 0. The predicted molar refractivity (Wildman–Crippen MR) is 51.9 cm³/mol. The average Bonchev–Trinajstić information content (AvgIpc) is 2.99. The van der Waals surface area contributed by atoms with E-state index in [1.165, 1.54) is 19.3 Å². The molecule has 1 atom stereocenters. The fourth-order valence-corrected chi connectivity index (χ4v) is 2.97. The second-order valence-corrected chi connectivity index (χ2v) is 4.81. The Balaban J connectivity index is 2.03. The van der Waals surface area contributed by atoms with E-state index in [2.05, 4.69) is 0 Å². The van der Waals surface area contributed by atoms with Crippen molar-refractivity contribution in [3.63, 3.8) is 0 Å². The summed E-state index contributed by atoms with van der Waals surface area (Å²) in [6.07, 6.45) is 6.61. The van der Waals surface area contributed by atoms with Crippen LogP contribution in [0.1, 0.15) is 44.9 Å². The minimum atomic E-state index is -1.12. The van der Waals surface area contributed by atoms with Gasteiger partial charge in [-0.05, 0) is 31.6 Å². The zero-order chi connectivity index (χ0) is 10.2. The van der Waals surface area contributed by atoms with Gasteiger partial charge in [0.25, 0.3) is 0 Å².